The van der Waals surface area contributed by atoms with Gasteiger partial charge in [0.2, 0.25) is 0 Å². The van der Waals surface area contributed by atoms with Crippen LogP contribution in [0, 0.1) is 0 Å². The Bertz CT molecular complexity index is 345. The Morgan fingerprint density at radius 2 is 1.22 bits per heavy atom. The number of quaternary nitrogens is 1. The van der Waals surface area contributed by atoms with Gasteiger partial charge in [-0.1, -0.05) is 95.7 Å². The van der Waals surface area contributed by atoms with Crippen molar-refractivity contribution in [3.8, 4) is 0 Å². The van der Waals surface area contributed by atoms with E-state index in [1.54, 1.807) is 11.8 Å². The lowest BCUT2D eigenvalue weighted by molar-refractivity contribution is -0.895. The van der Waals surface area contributed by atoms with Gasteiger partial charge in [-0.05, 0) is 6.42 Å². The highest BCUT2D eigenvalue weighted by atomic mass is 127. The monoisotopic (exact) mass is 511 g/mol. The normalized spacial score (nSPS) is 15.6. The van der Waals surface area contributed by atoms with Crippen molar-refractivity contribution in [2.75, 3.05) is 32.4 Å². The molecule has 1 heterocycles. The van der Waals surface area contributed by atoms with Crippen LogP contribution in [0.3, 0.4) is 0 Å². The van der Waals surface area contributed by atoms with Crippen LogP contribution in [0.5, 0.6) is 0 Å². The first-order valence-electron chi connectivity index (χ1n) is 11.7. The quantitative estimate of drug-likeness (QED) is 0.167. The Kier molecular flexibility index (Phi) is 19.2. The predicted octanol–water partition coefficient (Wildman–Crippen LogP) is 3.97. The molecule has 1 aliphatic heterocycles. The molecular weight excluding hydrogens is 465 g/mol. The summed E-state index contributed by atoms with van der Waals surface area (Å²) in [5.41, 5.74) is 0. The van der Waals surface area contributed by atoms with Crippen molar-refractivity contribution in [1.82, 2.24) is 0 Å². The Labute approximate surface area is 191 Å². The minimum atomic E-state index is 0. The van der Waals surface area contributed by atoms with E-state index in [1.165, 1.54) is 114 Å². The minimum absolute atomic E-state index is 0. The summed E-state index contributed by atoms with van der Waals surface area (Å²) in [5, 5.41) is 0.430. The van der Waals surface area contributed by atoms with E-state index < -0.39 is 0 Å². The van der Waals surface area contributed by atoms with Crippen molar-refractivity contribution in [3.63, 3.8) is 0 Å². The predicted molar refractivity (Wildman–Crippen MR) is 118 cm³/mol. The molecule has 0 unspecified atom stereocenters. The minimum Gasteiger partial charge on any atom is -1.00 e. The van der Waals surface area contributed by atoms with Crippen LogP contribution in [0.2, 0.25) is 0 Å². The van der Waals surface area contributed by atoms with Crippen LogP contribution in [0.1, 0.15) is 110 Å². The molecule has 0 spiro atoms. The van der Waals surface area contributed by atoms with Crippen LogP contribution in [-0.2, 0) is 4.79 Å². The van der Waals surface area contributed by atoms with Gasteiger partial charge in [0.05, 0.1) is 32.4 Å². The third kappa shape index (κ3) is 16.2. The summed E-state index contributed by atoms with van der Waals surface area (Å²) in [4.78, 5) is 12.0. The van der Waals surface area contributed by atoms with Gasteiger partial charge in [0.25, 0.3) is 0 Å². The lowest BCUT2D eigenvalue weighted by Gasteiger charge is -2.28. The van der Waals surface area contributed by atoms with Gasteiger partial charge in [-0.25, -0.2) is 0 Å². The molecule has 0 saturated carbocycles. The van der Waals surface area contributed by atoms with Crippen LogP contribution in [-0.4, -0.2) is 42.0 Å². The largest absolute Gasteiger partial charge is 1.00 e. The maximum atomic E-state index is 12.0. The maximum absolute atomic E-state index is 12.0. The van der Waals surface area contributed by atoms with Crippen molar-refractivity contribution < 1.29 is 33.3 Å². The van der Waals surface area contributed by atoms with Gasteiger partial charge in [-0.3, -0.25) is 4.79 Å². The number of nitrogens with zero attached hydrogens (tertiary/aromatic N) is 1. The Balaban J connectivity index is 0.00000676. The molecule has 4 heteroatoms. The fourth-order valence-electron chi connectivity index (χ4n) is 4.06. The number of hydrogen-bond acceptors (Lipinski definition) is 2. The standard InChI is InChI=1S/C23H46NOS.HI/c1-3-4-5-6-7-8-9-10-11-12-13-14-15-18-23(25)26-22-21-24(2)19-16-17-20-24;/h3-22H2,1-2H3;1H/q+1;/p-1. The van der Waals surface area contributed by atoms with Gasteiger partial charge >= 0.3 is 0 Å². The molecular formula is C23H46INOS. The van der Waals surface area contributed by atoms with Crippen LogP contribution in [0.4, 0.5) is 0 Å². The molecule has 2 nitrogen and oxygen atoms in total. The van der Waals surface area contributed by atoms with Gasteiger partial charge in [0.1, 0.15) is 0 Å². The molecule has 1 saturated heterocycles. The Hall–Kier alpha value is 0.710. The average molecular weight is 512 g/mol. The molecule has 0 N–H and O–H groups in total. The van der Waals surface area contributed by atoms with E-state index in [1.807, 2.05) is 0 Å². The fraction of sp³-hybridized carbons (Fsp3) is 0.957. The smallest absolute Gasteiger partial charge is 0.189 e. The molecule has 0 amide bonds. The van der Waals surface area contributed by atoms with Crippen molar-refractivity contribution in [1.29, 1.82) is 0 Å². The number of thioether (sulfide) groups is 1. The number of hydrogen-bond donors (Lipinski definition) is 0. The van der Waals surface area contributed by atoms with Crippen molar-refractivity contribution in [3.05, 3.63) is 0 Å². The number of rotatable bonds is 17. The molecule has 0 aromatic rings. The zero-order valence-corrected chi connectivity index (χ0v) is 21.3. The highest BCUT2D eigenvalue weighted by Crippen LogP contribution is 2.19. The number of halogens is 1. The summed E-state index contributed by atoms with van der Waals surface area (Å²) in [6.45, 7) is 6.09. The first-order chi connectivity index (χ1) is 12.7. The second kappa shape index (κ2) is 18.7. The molecule has 0 atom stereocenters. The third-order valence-corrected chi connectivity index (χ3v) is 6.94. The molecule has 162 valence electrons. The van der Waals surface area contributed by atoms with E-state index >= 15 is 0 Å². The van der Waals surface area contributed by atoms with E-state index in [0.717, 1.165) is 18.6 Å². The molecule has 0 radical (unpaired) electrons. The topological polar surface area (TPSA) is 17.1 Å². The van der Waals surface area contributed by atoms with E-state index in [4.69, 9.17) is 0 Å². The van der Waals surface area contributed by atoms with Crippen molar-refractivity contribution in [2.45, 2.75) is 110 Å². The van der Waals surface area contributed by atoms with Gasteiger partial charge in [0.15, 0.2) is 5.12 Å². The summed E-state index contributed by atoms with van der Waals surface area (Å²) in [6, 6.07) is 0. The summed E-state index contributed by atoms with van der Waals surface area (Å²) in [6.07, 6.45) is 21.3. The molecule has 0 aliphatic carbocycles. The Morgan fingerprint density at radius 3 is 1.70 bits per heavy atom. The van der Waals surface area contributed by atoms with E-state index in [0.29, 0.717) is 5.12 Å². The molecule has 1 aliphatic rings. The zero-order chi connectivity index (χ0) is 18.9. The van der Waals surface area contributed by atoms with Crippen molar-refractivity contribution >= 4 is 16.9 Å². The summed E-state index contributed by atoms with van der Waals surface area (Å²) in [5.74, 6) is 1.02. The summed E-state index contributed by atoms with van der Waals surface area (Å²) >= 11 is 1.59. The average Bonchev–Trinajstić information content (AvgIpc) is 3.05. The number of likely N-dealkylation sites (tertiary alicyclic amines) is 1. The van der Waals surface area contributed by atoms with Gasteiger partial charge in [-0.2, -0.15) is 0 Å². The fourth-order valence-corrected chi connectivity index (χ4v) is 5.11. The third-order valence-electron chi connectivity index (χ3n) is 6.02. The lowest BCUT2D eigenvalue weighted by Crippen LogP contribution is -3.00. The molecule has 0 aromatic heterocycles. The van der Waals surface area contributed by atoms with Gasteiger partial charge in [0, 0.05) is 19.3 Å². The maximum Gasteiger partial charge on any atom is 0.189 e. The highest BCUT2D eigenvalue weighted by molar-refractivity contribution is 8.13. The first kappa shape index (κ1) is 27.7. The lowest BCUT2D eigenvalue weighted by atomic mass is 10.0. The molecule has 0 aromatic carbocycles. The van der Waals surface area contributed by atoms with Crippen LogP contribution >= 0.6 is 11.8 Å². The SMILES string of the molecule is CCCCCCCCCCCCCCCC(=O)SCC[N+]1(C)CCCC1.[I-]. The first-order valence-corrected chi connectivity index (χ1v) is 12.6. The zero-order valence-electron chi connectivity index (χ0n) is 18.3. The second-order valence-electron chi connectivity index (χ2n) is 8.71. The molecule has 0 bridgehead atoms. The number of carbonyl (C=O) groups excluding carboxylic acids is 1. The summed E-state index contributed by atoms with van der Waals surface area (Å²) in [7, 11) is 2.35. The van der Waals surface area contributed by atoms with Crippen molar-refractivity contribution in [2.24, 2.45) is 0 Å². The van der Waals surface area contributed by atoms with Gasteiger partial charge < -0.3 is 28.5 Å². The van der Waals surface area contributed by atoms with Gasteiger partial charge in [-0.15, -0.1) is 0 Å². The molecule has 1 rings (SSSR count). The molecule has 1 fully saturated rings. The highest BCUT2D eigenvalue weighted by Gasteiger charge is 2.26. The second-order valence-corrected chi connectivity index (χ2v) is 9.86. The molecule has 27 heavy (non-hydrogen) atoms. The number of unbranched alkanes of at least 4 members (excludes halogenated alkanes) is 12. The summed E-state index contributed by atoms with van der Waals surface area (Å²) < 4.78 is 1.19. The van der Waals surface area contributed by atoms with E-state index in [-0.39, 0.29) is 24.0 Å². The van der Waals surface area contributed by atoms with E-state index in [9.17, 15) is 4.79 Å². The van der Waals surface area contributed by atoms with Crippen LogP contribution in [0.25, 0.3) is 0 Å². The van der Waals surface area contributed by atoms with E-state index in [2.05, 4.69) is 14.0 Å². The Morgan fingerprint density at radius 1 is 0.778 bits per heavy atom. The van der Waals surface area contributed by atoms with Crippen LogP contribution in [0.15, 0.2) is 0 Å². The number of carbonyl (C=O) groups is 1. The van der Waals surface area contributed by atoms with Crippen LogP contribution < -0.4 is 24.0 Å².